The molecule has 2 rings (SSSR count). The van der Waals surface area contributed by atoms with Crippen LogP contribution in [0.2, 0.25) is 0 Å². The van der Waals surface area contributed by atoms with E-state index in [0.717, 1.165) is 0 Å². The quantitative estimate of drug-likeness (QED) is 0.699. The summed E-state index contributed by atoms with van der Waals surface area (Å²) >= 11 is 0. The van der Waals surface area contributed by atoms with E-state index in [1.807, 2.05) is 0 Å². The van der Waals surface area contributed by atoms with Crippen LogP contribution in [0.5, 0.6) is 0 Å². The van der Waals surface area contributed by atoms with Crippen LogP contribution in [0.15, 0.2) is 25.0 Å². The maximum Gasteiger partial charge on any atom is 0.326 e. The van der Waals surface area contributed by atoms with Gasteiger partial charge < -0.3 is 10.4 Å². The zero-order chi connectivity index (χ0) is 12.3. The summed E-state index contributed by atoms with van der Waals surface area (Å²) in [6, 6.07) is -0.788. The number of hydrogen-bond acceptors (Lipinski definition) is 6. The van der Waals surface area contributed by atoms with Crippen molar-refractivity contribution >= 4 is 17.4 Å². The Morgan fingerprint density at radius 1 is 1.65 bits per heavy atom. The highest BCUT2D eigenvalue weighted by Gasteiger charge is 2.17. The van der Waals surface area contributed by atoms with Crippen molar-refractivity contribution in [2.24, 2.45) is 0 Å². The molecule has 0 radical (unpaired) electrons. The summed E-state index contributed by atoms with van der Waals surface area (Å²) in [5.41, 5.74) is 0.442. The van der Waals surface area contributed by atoms with Crippen LogP contribution in [0.25, 0.3) is 5.65 Å². The minimum absolute atomic E-state index is 0.286. The van der Waals surface area contributed by atoms with E-state index in [0.29, 0.717) is 11.5 Å². The molecule has 17 heavy (non-hydrogen) atoms. The summed E-state index contributed by atoms with van der Waals surface area (Å²) in [6.07, 6.45) is 4.75. The second kappa shape index (κ2) is 4.56. The van der Waals surface area contributed by atoms with Gasteiger partial charge in [0, 0.05) is 0 Å². The van der Waals surface area contributed by atoms with E-state index in [9.17, 15) is 4.79 Å². The molecule has 8 nitrogen and oxygen atoms in total. The summed E-state index contributed by atoms with van der Waals surface area (Å²) in [7, 11) is 0. The molecule has 0 fully saturated rings. The standard InChI is InChI=1S/C9H10N6O2/c1-2-3-6(9(16)17)11-7-4-10-5-8-12-13-14-15(7)8/h2,4-6,11H,1,3H2,(H,16,17). The highest BCUT2D eigenvalue weighted by Crippen LogP contribution is 2.09. The lowest BCUT2D eigenvalue weighted by molar-refractivity contribution is -0.137. The fraction of sp³-hybridized carbons (Fsp3) is 0.222. The zero-order valence-electron chi connectivity index (χ0n) is 8.82. The third-order valence-electron chi connectivity index (χ3n) is 2.13. The molecular weight excluding hydrogens is 224 g/mol. The van der Waals surface area contributed by atoms with Gasteiger partial charge in [-0.3, -0.25) is 4.98 Å². The lowest BCUT2D eigenvalue weighted by Crippen LogP contribution is -2.29. The Morgan fingerprint density at radius 2 is 2.47 bits per heavy atom. The normalized spacial score (nSPS) is 12.2. The Bertz CT molecular complexity index is 551. The fourth-order valence-corrected chi connectivity index (χ4v) is 1.34. The molecule has 0 aliphatic rings. The molecule has 1 atom stereocenters. The number of rotatable bonds is 5. The first-order valence-corrected chi connectivity index (χ1v) is 4.84. The van der Waals surface area contributed by atoms with Gasteiger partial charge in [-0.15, -0.1) is 11.7 Å². The van der Waals surface area contributed by atoms with E-state index < -0.39 is 12.0 Å². The number of nitrogens with zero attached hydrogens (tertiary/aromatic N) is 5. The molecule has 2 heterocycles. The van der Waals surface area contributed by atoms with E-state index >= 15 is 0 Å². The molecule has 0 aromatic carbocycles. The number of aliphatic carboxylic acids is 1. The van der Waals surface area contributed by atoms with Gasteiger partial charge in [-0.25, -0.2) is 4.79 Å². The Morgan fingerprint density at radius 3 is 3.18 bits per heavy atom. The Balaban J connectivity index is 2.30. The van der Waals surface area contributed by atoms with E-state index in [2.05, 4.69) is 32.4 Å². The number of tetrazole rings is 1. The molecule has 0 amide bonds. The van der Waals surface area contributed by atoms with Gasteiger partial charge in [-0.05, 0) is 16.8 Å². The van der Waals surface area contributed by atoms with Crippen molar-refractivity contribution < 1.29 is 9.90 Å². The lowest BCUT2D eigenvalue weighted by atomic mass is 10.2. The molecule has 2 aromatic heterocycles. The zero-order valence-corrected chi connectivity index (χ0v) is 8.82. The first-order chi connectivity index (χ1) is 8.22. The van der Waals surface area contributed by atoms with Gasteiger partial charge in [0.25, 0.3) is 0 Å². The van der Waals surface area contributed by atoms with Crippen LogP contribution < -0.4 is 5.32 Å². The monoisotopic (exact) mass is 234 g/mol. The number of nitrogens with one attached hydrogen (secondary N) is 1. The second-order valence-electron chi connectivity index (χ2n) is 3.30. The molecule has 0 saturated heterocycles. The molecule has 0 saturated carbocycles. The van der Waals surface area contributed by atoms with Crippen molar-refractivity contribution in [2.75, 3.05) is 5.32 Å². The largest absolute Gasteiger partial charge is 0.480 e. The number of aromatic nitrogens is 5. The lowest BCUT2D eigenvalue weighted by Gasteiger charge is -2.13. The number of carbonyl (C=O) groups is 1. The summed E-state index contributed by atoms with van der Waals surface area (Å²) < 4.78 is 1.38. The van der Waals surface area contributed by atoms with Crippen LogP contribution in [0.1, 0.15) is 6.42 Å². The molecule has 8 heteroatoms. The molecule has 1 unspecified atom stereocenters. The second-order valence-corrected chi connectivity index (χ2v) is 3.30. The van der Waals surface area contributed by atoms with Crippen LogP contribution in [-0.2, 0) is 4.79 Å². The van der Waals surface area contributed by atoms with Crippen LogP contribution in [0.3, 0.4) is 0 Å². The van der Waals surface area contributed by atoms with E-state index in [1.165, 1.54) is 23.0 Å². The third kappa shape index (κ3) is 2.19. The SMILES string of the molecule is C=CCC(Nc1cncc2nnnn12)C(=O)O. The number of carboxylic acid groups (broad SMARTS) is 1. The van der Waals surface area contributed by atoms with Crippen molar-refractivity contribution in [3.8, 4) is 0 Å². The minimum atomic E-state index is -0.977. The molecule has 0 aliphatic carbocycles. The van der Waals surface area contributed by atoms with Crippen molar-refractivity contribution in [1.29, 1.82) is 0 Å². The van der Waals surface area contributed by atoms with E-state index in [-0.39, 0.29) is 6.42 Å². The number of carboxylic acids is 1. The van der Waals surface area contributed by atoms with Crippen molar-refractivity contribution in [3.05, 3.63) is 25.0 Å². The molecule has 2 aromatic rings. The molecular formula is C9H10N6O2. The van der Waals surface area contributed by atoms with Gasteiger partial charge in [-0.1, -0.05) is 6.08 Å². The Kier molecular flexibility index (Phi) is 2.95. The first kappa shape index (κ1) is 11.0. The molecule has 0 aliphatic heterocycles. The summed E-state index contributed by atoms with van der Waals surface area (Å²) in [5, 5.41) is 22.7. The maximum atomic E-state index is 11.0. The average molecular weight is 234 g/mol. The maximum absolute atomic E-state index is 11.0. The topological polar surface area (TPSA) is 105 Å². The van der Waals surface area contributed by atoms with Crippen LogP contribution in [0.4, 0.5) is 5.82 Å². The van der Waals surface area contributed by atoms with Crippen LogP contribution in [0, 0.1) is 0 Å². The highest BCUT2D eigenvalue weighted by molar-refractivity contribution is 5.77. The molecule has 0 spiro atoms. The summed E-state index contributed by atoms with van der Waals surface area (Å²) in [5.74, 6) is -0.559. The highest BCUT2D eigenvalue weighted by atomic mass is 16.4. The minimum Gasteiger partial charge on any atom is -0.480 e. The Labute approximate surface area is 96.0 Å². The van der Waals surface area contributed by atoms with Gasteiger partial charge in [0.05, 0.1) is 12.4 Å². The predicted octanol–water partition coefficient (Wildman–Crippen LogP) is -0.0395. The van der Waals surface area contributed by atoms with Gasteiger partial charge in [0.1, 0.15) is 6.04 Å². The summed E-state index contributed by atoms with van der Waals surface area (Å²) in [4.78, 5) is 14.9. The number of hydrogen-bond donors (Lipinski definition) is 2. The number of anilines is 1. The van der Waals surface area contributed by atoms with Gasteiger partial charge >= 0.3 is 5.97 Å². The Hall–Kier alpha value is -2.51. The third-order valence-corrected chi connectivity index (χ3v) is 2.13. The predicted molar refractivity (Wildman–Crippen MR) is 58.4 cm³/mol. The fourth-order valence-electron chi connectivity index (χ4n) is 1.34. The smallest absolute Gasteiger partial charge is 0.326 e. The van der Waals surface area contributed by atoms with E-state index in [1.54, 1.807) is 0 Å². The molecule has 2 N–H and O–H groups in total. The van der Waals surface area contributed by atoms with Crippen LogP contribution >= 0.6 is 0 Å². The molecule has 88 valence electrons. The van der Waals surface area contributed by atoms with Gasteiger partial charge in [0.2, 0.25) is 0 Å². The van der Waals surface area contributed by atoms with E-state index in [4.69, 9.17) is 5.11 Å². The first-order valence-electron chi connectivity index (χ1n) is 4.84. The van der Waals surface area contributed by atoms with Crippen LogP contribution in [-0.4, -0.2) is 42.1 Å². The average Bonchev–Trinajstić information content (AvgIpc) is 2.77. The number of fused-ring (bicyclic) bond motifs is 1. The van der Waals surface area contributed by atoms with Crippen molar-refractivity contribution in [2.45, 2.75) is 12.5 Å². The summed E-state index contributed by atoms with van der Waals surface area (Å²) in [6.45, 7) is 3.51. The van der Waals surface area contributed by atoms with Crippen molar-refractivity contribution in [1.82, 2.24) is 25.0 Å². The van der Waals surface area contributed by atoms with Gasteiger partial charge in [-0.2, -0.15) is 4.52 Å². The molecule has 0 bridgehead atoms. The van der Waals surface area contributed by atoms with Gasteiger partial charge in [0.15, 0.2) is 11.5 Å². The van der Waals surface area contributed by atoms with Crippen molar-refractivity contribution in [3.63, 3.8) is 0 Å².